The maximum atomic E-state index is 12.5. The number of nitrogens with zero attached hydrogens (tertiary/aromatic N) is 2. The molecule has 0 spiro atoms. The summed E-state index contributed by atoms with van der Waals surface area (Å²) in [6, 6.07) is 3.54. The number of carbonyl (C=O) groups excluding carboxylic acids is 1. The van der Waals surface area contributed by atoms with Crippen molar-refractivity contribution in [3.63, 3.8) is 0 Å². The van der Waals surface area contributed by atoms with E-state index >= 15 is 0 Å². The lowest BCUT2D eigenvalue weighted by Gasteiger charge is -2.34. The van der Waals surface area contributed by atoms with Crippen molar-refractivity contribution in [2.75, 3.05) is 13.1 Å². The molecule has 7 heteroatoms. The van der Waals surface area contributed by atoms with Crippen LogP contribution >= 0.6 is 11.8 Å². The van der Waals surface area contributed by atoms with Gasteiger partial charge in [0, 0.05) is 29.7 Å². The number of hydrogen-bond acceptors (Lipinski definition) is 5. The number of aromatic hydroxyl groups is 1. The molecule has 108 valence electrons. The first-order chi connectivity index (χ1) is 9.38. The molecule has 0 bridgehead atoms. The highest BCUT2D eigenvalue weighted by atomic mass is 32.2. The summed E-state index contributed by atoms with van der Waals surface area (Å²) >= 11 is 1.79. The van der Waals surface area contributed by atoms with Crippen LogP contribution in [0.1, 0.15) is 24.2 Å². The summed E-state index contributed by atoms with van der Waals surface area (Å²) in [4.78, 5) is 24.5. The molecule has 1 N–H and O–H groups in total. The average Bonchev–Trinajstić information content (AvgIpc) is 2.36. The number of phenols is 1. The highest BCUT2D eigenvalue weighted by Gasteiger charge is 2.30. The van der Waals surface area contributed by atoms with Gasteiger partial charge in [-0.1, -0.05) is 13.8 Å². The lowest BCUT2D eigenvalue weighted by atomic mass is 10.1. The average molecular weight is 296 g/mol. The number of benzene rings is 1. The minimum atomic E-state index is -0.599. The molecule has 2 atom stereocenters. The van der Waals surface area contributed by atoms with Crippen LogP contribution in [0.3, 0.4) is 0 Å². The van der Waals surface area contributed by atoms with Gasteiger partial charge in [0.1, 0.15) is 11.3 Å². The molecule has 1 aromatic carbocycles. The molecule has 0 radical (unpaired) electrons. The van der Waals surface area contributed by atoms with E-state index in [0.717, 1.165) is 12.1 Å². The topological polar surface area (TPSA) is 83.7 Å². The Morgan fingerprint density at radius 3 is 2.55 bits per heavy atom. The first kappa shape index (κ1) is 14.6. The number of amides is 1. The van der Waals surface area contributed by atoms with Gasteiger partial charge in [-0.15, -0.1) is 0 Å². The van der Waals surface area contributed by atoms with Gasteiger partial charge in [0.05, 0.1) is 4.92 Å². The maximum absolute atomic E-state index is 12.5. The van der Waals surface area contributed by atoms with Crippen molar-refractivity contribution in [1.29, 1.82) is 0 Å². The fourth-order valence-corrected chi connectivity index (χ4v) is 3.69. The molecular weight excluding hydrogens is 280 g/mol. The Bertz CT molecular complexity index is 539. The first-order valence-electron chi connectivity index (χ1n) is 6.30. The second-order valence-electron chi connectivity index (χ2n) is 4.93. The number of phenolic OH excluding ortho intramolecular Hbond substituents is 1. The van der Waals surface area contributed by atoms with E-state index < -0.39 is 10.8 Å². The molecule has 1 heterocycles. The molecule has 0 aliphatic carbocycles. The van der Waals surface area contributed by atoms with Crippen LogP contribution in [0.25, 0.3) is 0 Å². The Balaban J connectivity index is 2.33. The van der Waals surface area contributed by atoms with Gasteiger partial charge in [0.2, 0.25) is 0 Å². The zero-order valence-electron chi connectivity index (χ0n) is 11.3. The zero-order chi connectivity index (χ0) is 14.9. The van der Waals surface area contributed by atoms with Gasteiger partial charge in [-0.2, -0.15) is 11.8 Å². The van der Waals surface area contributed by atoms with Gasteiger partial charge in [-0.25, -0.2) is 0 Å². The van der Waals surface area contributed by atoms with Gasteiger partial charge in [0.25, 0.3) is 11.6 Å². The van der Waals surface area contributed by atoms with Crippen LogP contribution in [-0.2, 0) is 0 Å². The Morgan fingerprint density at radius 2 is 2.00 bits per heavy atom. The Labute approximate surface area is 120 Å². The predicted octanol–water partition coefficient (Wildman–Crippen LogP) is 2.27. The molecule has 1 fully saturated rings. The standard InChI is InChI=1S/C13H16N2O4S/c1-8-6-14(7-9(2)20-8)13(17)11-5-10(16)3-4-12(11)15(18)19/h3-5,8-9,16H,6-7H2,1-2H3. The van der Waals surface area contributed by atoms with E-state index in [1.165, 1.54) is 6.07 Å². The van der Waals surface area contributed by atoms with Gasteiger partial charge >= 0.3 is 0 Å². The molecule has 1 saturated heterocycles. The van der Waals surface area contributed by atoms with Crippen LogP contribution in [0, 0.1) is 10.1 Å². The van der Waals surface area contributed by atoms with Crippen LogP contribution in [0.5, 0.6) is 5.75 Å². The molecule has 20 heavy (non-hydrogen) atoms. The largest absolute Gasteiger partial charge is 0.508 e. The first-order valence-corrected chi connectivity index (χ1v) is 7.25. The molecule has 0 aromatic heterocycles. The van der Waals surface area contributed by atoms with Crippen molar-refractivity contribution in [3.8, 4) is 5.75 Å². The summed E-state index contributed by atoms with van der Waals surface area (Å²) in [6.45, 7) is 5.16. The second-order valence-corrected chi connectivity index (χ2v) is 6.81. The van der Waals surface area contributed by atoms with Gasteiger partial charge in [0.15, 0.2) is 0 Å². The predicted molar refractivity (Wildman–Crippen MR) is 77.2 cm³/mol. The normalized spacial score (nSPS) is 22.6. The Kier molecular flexibility index (Phi) is 4.17. The number of hydrogen-bond donors (Lipinski definition) is 1. The summed E-state index contributed by atoms with van der Waals surface area (Å²) in [7, 11) is 0. The molecule has 0 saturated carbocycles. The minimum Gasteiger partial charge on any atom is -0.508 e. The van der Waals surface area contributed by atoms with Crippen molar-refractivity contribution in [2.24, 2.45) is 0 Å². The molecule has 1 aromatic rings. The monoisotopic (exact) mass is 296 g/mol. The highest BCUT2D eigenvalue weighted by molar-refractivity contribution is 8.00. The van der Waals surface area contributed by atoms with E-state index in [1.54, 1.807) is 16.7 Å². The van der Waals surface area contributed by atoms with E-state index in [4.69, 9.17) is 0 Å². The maximum Gasteiger partial charge on any atom is 0.282 e. The van der Waals surface area contributed by atoms with E-state index in [0.29, 0.717) is 23.6 Å². The van der Waals surface area contributed by atoms with Crippen molar-refractivity contribution in [1.82, 2.24) is 4.90 Å². The number of rotatable bonds is 2. The van der Waals surface area contributed by atoms with Crippen LogP contribution in [-0.4, -0.2) is 44.4 Å². The van der Waals surface area contributed by atoms with Gasteiger partial charge < -0.3 is 10.0 Å². The zero-order valence-corrected chi connectivity index (χ0v) is 12.1. The fraction of sp³-hybridized carbons (Fsp3) is 0.462. The van der Waals surface area contributed by atoms with Crippen LogP contribution in [0.2, 0.25) is 0 Å². The van der Waals surface area contributed by atoms with Crippen molar-refractivity contribution >= 4 is 23.4 Å². The molecule has 2 unspecified atom stereocenters. The third-order valence-electron chi connectivity index (χ3n) is 3.11. The highest BCUT2D eigenvalue weighted by Crippen LogP contribution is 2.29. The third kappa shape index (κ3) is 3.04. The van der Waals surface area contributed by atoms with Crippen LogP contribution < -0.4 is 0 Å². The van der Waals surface area contributed by atoms with Crippen molar-refractivity contribution in [2.45, 2.75) is 24.3 Å². The number of nitro benzene ring substituents is 1. The third-order valence-corrected chi connectivity index (χ3v) is 4.34. The molecular formula is C13H16N2O4S. The van der Waals surface area contributed by atoms with Gasteiger partial charge in [-0.05, 0) is 12.1 Å². The second kappa shape index (κ2) is 5.70. The molecule has 2 rings (SSSR count). The summed E-state index contributed by atoms with van der Waals surface area (Å²) < 4.78 is 0. The molecule has 6 nitrogen and oxygen atoms in total. The number of carbonyl (C=O) groups is 1. The molecule has 1 aliphatic rings. The number of nitro groups is 1. The van der Waals surface area contributed by atoms with E-state index in [2.05, 4.69) is 0 Å². The van der Waals surface area contributed by atoms with E-state index in [-0.39, 0.29) is 17.0 Å². The van der Waals surface area contributed by atoms with E-state index in [1.807, 2.05) is 13.8 Å². The van der Waals surface area contributed by atoms with Crippen LogP contribution in [0.4, 0.5) is 5.69 Å². The fourth-order valence-electron chi connectivity index (χ4n) is 2.37. The minimum absolute atomic E-state index is 0.0544. The lowest BCUT2D eigenvalue weighted by Crippen LogP contribution is -2.44. The summed E-state index contributed by atoms with van der Waals surface area (Å²) in [6.07, 6.45) is 0. The molecule has 1 amide bonds. The summed E-state index contributed by atoms with van der Waals surface area (Å²) in [5, 5.41) is 21.1. The van der Waals surface area contributed by atoms with Gasteiger partial charge in [-0.3, -0.25) is 14.9 Å². The van der Waals surface area contributed by atoms with Crippen molar-refractivity contribution in [3.05, 3.63) is 33.9 Å². The summed E-state index contributed by atoms with van der Waals surface area (Å²) in [5.74, 6) is -0.543. The van der Waals surface area contributed by atoms with Crippen LogP contribution in [0.15, 0.2) is 18.2 Å². The lowest BCUT2D eigenvalue weighted by molar-refractivity contribution is -0.385. The Hall–Kier alpha value is -1.76. The quantitative estimate of drug-likeness (QED) is 0.668. The molecule has 1 aliphatic heterocycles. The van der Waals surface area contributed by atoms with Crippen molar-refractivity contribution < 1.29 is 14.8 Å². The Morgan fingerprint density at radius 1 is 1.40 bits per heavy atom. The SMILES string of the molecule is CC1CN(C(=O)c2cc(O)ccc2[N+](=O)[O-])CC(C)S1. The number of thioether (sulfide) groups is 1. The smallest absolute Gasteiger partial charge is 0.282 e. The van der Waals surface area contributed by atoms with E-state index in [9.17, 15) is 20.0 Å². The summed E-state index contributed by atoms with van der Waals surface area (Å²) in [5.41, 5.74) is -0.326.